The van der Waals surface area contributed by atoms with Crippen LogP contribution in [0, 0.1) is 12.8 Å². The molecule has 2 aromatic heterocycles. The van der Waals surface area contributed by atoms with Crippen molar-refractivity contribution in [2.45, 2.75) is 26.3 Å². The second kappa shape index (κ2) is 8.24. The van der Waals surface area contributed by atoms with Crippen molar-refractivity contribution in [2.75, 3.05) is 18.4 Å². The highest BCUT2D eigenvalue weighted by Crippen LogP contribution is 2.25. The average molecular weight is 396 g/mol. The van der Waals surface area contributed by atoms with Crippen molar-refractivity contribution in [3.8, 4) is 11.3 Å². The summed E-state index contributed by atoms with van der Waals surface area (Å²) in [4.78, 5) is 19.5. The van der Waals surface area contributed by atoms with Gasteiger partial charge in [0, 0.05) is 47.4 Å². The lowest BCUT2D eigenvalue weighted by atomic mass is 9.95. The van der Waals surface area contributed by atoms with E-state index in [4.69, 9.17) is 0 Å². The lowest BCUT2D eigenvalue weighted by molar-refractivity contribution is -0.121. The number of likely N-dealkylation sites (tertiary alicyclic amines) is 1. The minimum Gasteiger partial charge on any atom is -0.326 e. The van der Waals surface area contributed by atoms with Crippen LogP contribution in [0.25, 0.3) is 11.3 Å². The topological polar surface area (TPSA) is 63.1 Å². The first-order valence-corrected chi connectivity index (χ1v) is 10.5. The van der Waals surface area contributed by atoms with E-state index < -0.39 is 0 Å². The third kappa shape index (κ3) is 4.15. The number of hydrogen-bond acceptors (Lipinski definition) is 5. The molecule has 6 nitrogen and oxygen atoms in total. The van der Waals surface area contributed by atoms with Gasteiger partial charge >= 0.3 is 0 Å². The fraction of sp³-hybridized carbons (Fsp3) is 0.381. The number of thiazole rings is 1. The number of benzene rings is 1. The monoisotopic (exact) mass is 395 g/mol. The van der Waals surface area contributed by atoms with Crippen LogP contribution in [0.15, 0.2) is 41.4 Å². The van der Waals surface area contributed by atoms with Crippen LogP contribution in [0.4, 0.5) is 5.69 Å². The largest absolute Gasteiger partial charge is 0.326 e. The smallest absolute Gasteiger partial charge is 0.227 e. The normalized spacial score (nSPS) is 15.6. The third-order valence-electron chi connectivity index (χ3n) is 5.55. The number of carbonyl (C=O) groups is 1. The molecule has 1 N–H and O–H groups in total. The summed E-state index contributed by atoms with van der Waals surface area (Å²) >= 11 is 1.57. The molecule has 0 unspecified atom stereocenters. The number of aromatic nitrogens is 3. The van der Waals surface area contributed by atoms with Crippen molar-refractivity contribution in [3.63, 3.8) is 0 Å². The highest BCUT2D eigenvalue weighted by molar-refractivity contribution is 7.07. The number of anilines is 1. The molecular weight excluding hydrogens is 370 g/mol. The van der Waals surface area contributed by atoms with Crippen molar-refractivity contribution >= 4 is 22.9 Å². The van der Waals surface area contributed by atoms with E-state index >= 15 is 0 Å². The molecule has 7 heteroatoms. The van der Waals surface area contributed by atoms with E-state index in [0.29, 0.717) is 0 Å². The molecule has 3 aromatic rings. The zero-order valence-electron chi connectivity index (χ0n) is 16.3. The Morgan fingerprint density at radius 3 is 2.82 bits per heavy atom. The van der Waals surface area contributed by atoms with E-state index in [1.165, 1.54) is 11.3 Å². The van der Waals surface area contributed by atoms with Gasteiger partial charge in [-0.15, -0.1) is 11.3 Å². The van der Waals surface area contributed by atoms with Gasteiger partial charge in [-0.2, -0.15) is 5.10 Å². The standard InChI is InChI=1S/C21H25N5OS/c1-15-18(11-23-25(15)2)12-26-8-6-16(7-9-26)21(27)24-19-5-3-4-17(10-19)20-13-28-14-22-20/h3-5,10-11,13-14,16H,6-9,12H2,1-2H3,(H,24,27). The maximum Gasteiger partial charge on any atom is 0.227 e. The minimum atomic E-state index is 0.0640. The Morgan fingerprint density at radius 2 is 2.14 bits per heavy atom. The van der Waals surface area contributed by atoms with E-state index in [1.54, 1.807) is 11.3 Å². The molecule has 1 amide bonds. The molecule has 1 aromatic carbocycles. The number of piperidine rings is 1. The first-order chi connectivity index (χ1) is 13.6. The number of carbonyl (C=O) groups excluding carboxylic acids is 1. The molecule has 0 atom stereocenters. The summed E-state index contributed by atoms with van der Waals surface area (Å²) in [6.07, 6.45) is 3.72. The molecule has 0 radical (unpaired) electrons. The molecule has 28 heavy (non-hydrogen) atoms. The van der Waals surface area contributed by atoms with Crippen LogP contribution in [0.1, 0.15) is 24.1 Å². The number of aryl methyl sites for hydroxylation is 1. The minimum absolute atomic E-state index is 0.0640. The van der Waals surface area contributed by atoms with E-state index in [-0.39, 0.29) is 11.8 Å². The molecule has 146 valence electrons. The van der Waals surface area contributed by atoms with Crippen molar-refractivity contribution in [3.05, 3.63) is 52.6 Å². The molecule has 0 spiro atoms. The first kappa shape index (κ1) is 18.8. The van der Waals surface area contributed by atoms with Crippen LogP contribution >= 0.6 is 11.3 Å². The highest BCUT2D eigenvalue weighted by atomic mass is 32.1. The lowest BCUT2D eigenvalue weighted by Crippen LogP contribution is -2.37. The Morgan fingerprint density at radius 1 is 1.32 bits per heavy atom. The van der Waals surface area contributed by atoms with Gasteiger partial charge in [0.1, 0.15) is 0 Å². The van der Waals surface area contributed by atoms with Gasteiger partial charge in [0.25, 0.3) is 0 Å². The van der Waals surface area contributed by atoms with Gasteiger partial charge in [0.15, 0.2) is 0 Å². The molecule has 1 fully saturated rings. The lowest BCUT2D eigenvalue weighted by Gasteiger charge is -2.31. The van der Waals surface area contributed by atoms with E-state index in [1.807, 2.05) is 53.1 Å². The third-order valence-corrected chi connectivity index (χ3v) is 6.13. The van der Waals surface area contributed by atoms with Gasteiger partial charge < -0.3 is 5.32 Å². The summed E-state index contributed by atoms with van der Waals surface area (Å²) in [5.74, 6) is 0.182. The predicted octanol–water partition coefficient (Wildman–Crippen LogP) is 3.70. The van der Waals surface area contributed by atoms with Crippen LogP contribution in [0.5, 0.6) is 0 Å². The second-order valence-electron chi connectivity index (χ2n) is 7.37. The molecular formula is C21H25N5OS. The molecule has 0 aliphatic carbocycles. The quantitative estimate of drug-likeness (QED) is 0.715. The molecule has 1 aliphatic rings. The zero-order valence-corrected chi connectivity index (χ0v) is 17.1. The van der Waals surface area contributed by atoms with Gasteiger partial charge in [-0.25, -0.2) is 4.98 Å². The van der Waals surface area contributed by atoms with Gasteiger partial charge in [-0.05, 0) is 45.0 Å². The van der Waals surface area contributed by atoms with Crippen LogP contribution in [0.2, 0.25) is 0 Å². The Hall–Kier alpha value is -2.51. The van der Waals surface area contributed by atoms with Gasteiger partial charge in [-0.1, -0.05) is 12.1 Å². The molecule has 1 saturated heterocycles. The van der Waals surface area contributed by atoms with E-state index in [2.05, 4.69) is 27.2 Å². The van der Waals surface area contributed by atoms with Crippen LogP contribution < -0.4 is 5.32 Å². The maximum absolute atomic E-state index is 12.7. The fourth-order valence-electron chi connectivity index (χ4n) is 3.65. The van der Waals surface area contributed by atoms with Crippen LogP contribution in [-0.4, -0.2) is 38.7 Å². The fourth-order valence-corrected chi connectivity index (χ4v) is 4.21. The van der Waals surface area contributed by atoms with Gasteiger partial charge in [0.05, 0.1) is 17.4 Å². The molecule has 0 bridgehead atoms. The molecule has 0 saturated carbocycles. The average Bonchev–Trinajstić information content (AvgIpc) is 3.35. The van der Waals surface area contributed by atoms with Gasteiger partial charge in [0.2, 0.25) is 5.91 Å². The van der Waals surface area contributed by atoms with Crippen molar-refractivity contribution in [1.82, 2.24) is 19.7 Å². The Labute approximate surface area is 169 Å². The Bertz CT molecular complexity index is 942. The number of amides is 1. The van der Waals surface area contributed by atoms with Crippen LogP contribution in [-0.2, 0) is 18.4 Å². The summed E-state index contributed by atoms with van der Waals surface area (Å²) in [5.41, 5.74) is 7.11. The summed E-state index contributed by atoms with van der Waals surface area (Å²) in [5, 5.41) is 9.43. The summed E-state index contributed by atoms with van der Waals surface area (Å²) in [6, 6.07) is 7.91. The van der Waals surface area contributed by atoms with Crippen molar-refractivity contribution < 1.29 is 4.79 Å². The van der Waals surface area contributed by atoms with E-state index in [9.17, 15) is 4.79 Å². The predicted molar refractivity (Wildman–Crippen MR) is 112 cm³/mol. The SMILES string of the molecule is Cc1c(CN2CCC(C(=O)Nc3cccc(-c4cscn4)c3)CC2)cnn1C. The molecule has 1 aliphatic heterocycles. The Kier molecular flexibility index (Phi) is 5.54. The number of nitrogens with one attached hydrogen (secondary N) is 1. The number of nitrogens with zero attached hydrogens (tertiary/aromatic N) is 4. The summed E-state index contributed by atoms with van der Waals surface area (Å²) in [7, 11) is 1.97. The zero-order chi connectivity index (χ0) is 19.5. The maximum atomic E-state index is 12.7. The number of rotatable bonds is 5. The van der Waals surface area contributed by atoms with Crippen LogP contribution in [0.3, 0.4) is 0 Å². The second-order valence-corrected chi connectivity index (χ2v) is 8.09. The highest BCUT2D eigenvalue weighted by Gasteiger charge is 2.25. The van der Waals surface area contributed by atoms with Gasteiger partial charge in [-0.3, -0.25) is 14.4 Å². The van der Waals surface area contributed by atoms with E-state index in [0.717, 1.165) is 49.4 Å². The van der Waals surface area contributed by atoms with Crippen molar-refractivity contribution in [2.24, 2.45) is 13.0 Å². The summed E-state index contributed by atoms with van der Waals surface area (Å²) < 4.78 is 1.91. The molecule has 4 rings (SSSR count). The Balaban J connectivity index is 1.32. The first-order valence-electron chi connectivity index (χ1n) is 9.59. The summed E-state index contributed by atoms with van der Waals surface area (Å²) in [6.45, 7) is 4.88. The number of hydrogen-bond donors (Lipinski definition) is 1. The van der Waals surface area contributed by atoms with Crippen molar-refractivity contribution in [1.29, 1.82) is 0 Å². The molecule has 3 heterocycles.